The second-order valence-corrected chi connectivity index (χ2v) is 10.1. The van der Waals surface area contributed by atoms with Gasteiger partial charge in [-0.2, -0.15) is 0 Å². The molecule has 134 valence electrons. The molecule has 0 fully saturated rings. The molecule has 2 atom stereocenters. The Kier molecular flexibility index (Phi) is 9.34. The molecule has 0 spiro atoms. The molecule has 0 aromatic heterocycles. The first-order valence-electron chi connectivity index (χ1n) is 8.48. The van der Waals surface area contributed by atoms with Crippen LogP contribution in [-0.2, 0) is 16.7 Å². The summed E-state index contributed by atoms with van der Waals surface area (Å²) >= 11 is 0.954. The molecule has 3 nitrogen and oxygen atoms in total. The van der Waals surface area contributed by atoms with Gasteiger partial charge in [-0.15, -0.1) is 0 Å². The number of benzene rings is 3. The van der Waals surface area contributed by atoms with E-state index in [0.29, 0.717) is 12.2 Å². The Balaban J connectivity index is 0.00000261. The molecule has 3 aromatic rings. The number of nitrogens with one attached hydrogen (secondary N) is 1. The van der Waals surface area contributed by atoms with Gasteiger partial charge in [-0.25, -0.2) is 0 Å². The molecule has 2 unspecified atom stereocenters. The molecule has 0 heterocycles. The normalized spacial score (nSPS) is 14.0. The standard InChI is InChI=1S/C21H22NO2PS.Na/c23-25(24,26-17-19-12-6-2-7-13-19)22-21(20-14-8-3-9-15-20)16-18-10-4-1-5-11-18;/h1-15,21H,16-17H2,(H2,22,23,24);/q;+1/p-1. The zero-order valence-corrected chi connectivity index (χ0v) is 19.0. The van der Waals surface area contributed by atoms with E-state index in [1.54, 1.807) is 0 Å². The summed E-state index contributed by atoms with van der Waals surface area (Å²) in [4.78, 5) is 12.7. The van der Waals surface area contributed by atoms with E-state index in [2.05, 4.69) is 5.09 Å². The summed E-state index contributed by atoms with van der Waals surface area (Å²) in [6, 6.07) is 29.0. The smallest absolute Gasteiger partial charge is 0.780 e. The van der Waals surface area contributed by atoms with Gasteiger partial charge in [0.1, 0.15) is 6.72 Å². The van der Waals surface area contributed by atoms with Crippen molar-refractivity contribution in [2.24, 2.45) is 0 Å². The summed E-state index contributed by atoms with van der Waals surface area (Å²) in [5, 5.41) is 2.89. The van der Waals surface area contributed by atoms with Gasteiger partial charge in [0.25, 0.3) is 0 Å². The second-order valence-electron chi connectivity index (χ2n) is 6.04. The van der Waals surface area contributed by atoms with Crippen LogP contribution in [0, 0.1) is 0 Å². The van der Waals surface area contributed by atoms with Crippen molar-refractivity contribution in [3.63, 3.8) is 0 Å². The predicted molar refractivity (Wildman–Crippen MR) is 108 cm³/mol. The second kappa shape index (κ2) is 11.2. The molecular weight excluding hydrogens is 384 g/mol. The average molecular weight is 405 g/mol. The molecule has 27 heavy (non-hydrogen) atoms. The quantitative estimate of drug-likeness (QED) is 0.460. The van der Waals surface area contributed by atoms with Crippen molar-refractivity contribution in [2.45, 2.75) is 18.2 Å². The minimum atomic E-state index is -3.80. The molecule has 0 radical (unpaired) electrons. The fraction of sp³-hybridized carbons (Fsp3) is 0.143. The van der Waals surface area contributed by atoms with Gasteiger partial charge in [0.15, 0.2) is 0 Å². The van der Waals surface area contributed by atoms with Gasteiger partial charge >= 0.3 is 29.6 Å². The summed E-state index contributed by atoms with van der Waals surface area (Å²) in [6.07, 6.45) is 0.614. The average Bonchev–Trinajstić information content (AvgIpc) is 2.68. The van der Waals surface area contributed by atoms with Gasteiger partial charge < -0.3 is 9.46 Å². The van der Waals surface area contributed by atoms with Gasteiger partial charge in [0.2, 0.25) is 0 Å². The fourth-order valence-corrected chi connectivity index (χ4v) is 5.51. The van der Waals surface area contributed by atoms with Gasteiger partial charge in [-0.1, -0.05) is 102 Å². The number of hydrogen-bond acceptors (Lipinski definition) is 3. The van der Waals surface area contributed by atoms with Crippen LogP contribution in [0.25, 0.3) is 0 Å². The van der Waals surface area contributed by atoms with Crippen LogP contribution in [0.4, 0.5) is 0 Å². The molecule has 3 aromatic carbocycles. The molecule has 0 saturated carbocycles. The zero-order valence-electron chi connectivity index (χ0n) is 15.3. The van der Waals surface area contributed by atoms with E-state index in [1.165, 1.54) is 0 Å². The molecule has 6 heteroatoms. The molecule has 0 aliphatic heterocycles. The third kappa shape index (κ3) is 7.59. The molecule has 1 N–H and O–H groups in total. The van der Waals surface area contributed by atoms with E-state index in [9.17, 15) is 9.46 Å². The Labute approximate surface area is 187 Å². The topological polar surface area (TPSA) is 52.2 Å². The van der Waals surface area contributed by atoms with Gasteiger partial charge in [0, 0.05) is 11.8 Å². The molecule has 0 bridgehead atoms. The summed E-state index contributed by atoms with van der Waals surface area (Å²) < 4.78 is 12.7. The largest absolute Gasteiger partial charge is 1.00 e. The monoisotopic (exact) mass is 405 g/mol. The van der Waals surface area contributed by atoms with E-state index in [-0.39, 0.29) is 35.6 Å². The number of rotatable bonds is 8. The van der Waals surface area contributed by atoms with Crippen LogP contribution in [0.15, 0.2) is 91.0 Å². The summed E-state index contributed by atoms with van der Waals surface area (Å²) in [5.41, 5.74) is 3.06. The molecule has 0 aliphatic carbocycles. The Morgan fingerprint density at radius 2 is 1.30 bits per heavy atom. The van der Waals surface area contributed by atoms with Crippen LogP contribution in [0.3, 0.4) is 0 Å². The van der Waals surface area contributed by atoms with Crippen LogP contribution in [0.1, 0.15) is 22.7 Å². The van der Waals surface area contributed by atoms with Crippen molar-refractivity contribution in [1.82, 2.24) is 5.09 Å². The van der Waals surface area contributed by atoms with Crippen molar-refractivity contribution >= 4 is 18.1 Å². The third-order valence-electron chi connectivity index (χ3n) is 4.04. The van der Waals surface area contributed by atoms with Crippen molar-refractivity contribution in [2.75, 3.05) is 0 Å². The van der Waals surface area contributed by atoms with Gasteiger partial charge in [-0.3, -0.25) is 5.09 Å². The maximum Gasteiger partial charge on any atom is 1.00 e. The molecule has 0 amide bonds. The van der Waals surface area contributed by atoms with Crippen molar-refractivity contribution in [1.29, 1.82) is 0 Å². The van der Waals surface area contributed by atoms with E-state index in [4.69, 9.17) is 0 Å². The van der Waals surface area contributed by atoms with Crippen molar-refractivity contribution in [3.8, 4) is 0 Å². The van der Waals surface area contributed by atoms with Gasteiger partial charge in [-0.05, 0) is 23.1 Å². The first-order chi connectivity index (χ1) is 12.6. The Bertz CT molecular complexity index is 850. The summed E-state index contributed by atoms with van der Waals surface area (Å²) in [5.74, 6) is 0.432. The van der Waals surface area contributed by atoms with Crippen LogP contribution in [0.5, 0.6) is 0 Å². The van der Waals surface area contributed by atoms with Crippen LogP contribution >= 0.6 is 18.1 Å². The predicted octanol–water partition coefficient (Wildman–Crippen LogP) is 1.97. The van der Waals surface area contributed by atoms with Crippen LogP contribution in [0.2, 0.25) is 0 Å². The van der Waals surface area contributed by atoms with Crippen LogP contribution in [-0.4, -0.2) is 0 Å². The Hall–Kier alpha value is -0.840. The third-order valence-corrected chi connectivity index (χ3v) is 7.20. The SMILES string of the molecule is O=P([O-])(NC(Cc1ccccc1)c1ccccc1)SCc1ccccc1.[Na+]. The summed E-state index contributed by atoms with van der Waals surface area (Å²) in [7, 11) is 0. The molecule has 0 saturated heterocycles. The fourth-order valence-electron chi connectivity index (χ4n) is 2.74. The zero-order chi connectivity index (χ0) is 18.2. The Morgan fingerprint density at radius 3 is 1.85 bits per heavy atom. The van der Waals surface area contributed by atoms with E-state index in [1.807, 2.05) is 91.0 Å². The van der Waals surface area contributed by atoms with E-state index in [0.717, 1.165) is 28.1 Å². The van der Waals surface area contributed by atoms with Crippen LogP contribution < -0.4 is 39.5 Å². The Morgan fingerprint density at radius 1 is 0.815 bits per heavy atom. The van der Waals surface area contributed by atoms with Gasteiger partial charge in [0.05, 0.1) is 0 Å². The van der Waals surface area contributed by atoms with E-state index >= 15 is 0 Å². The van der Waals surface area contributed by atoms with Crippen molar-refractivity contribution in [3.05, 3.63) is 108 Å². The number of hydrogen-bond donors (Lipinski definition) is 1. The first-order valence-corrected chi connectivity index (χ1v) is 11.7. The summed E-state index contributed by atoms with van der Waals surface area (Å²) in [6.45, 7) is -3.80. The minimum Gasteiger partial charge on any atom is -0.780 e. The first kappa shape index (κ1) is 22.4. The maximum atomic E-state index is 12.7. The molecular formula is C21H21NNaO2PS. The maximum absolute atomic E-state index is 12.7. The minimum absolute atomic E-state index is 0. The van der Waals surface area contributed by atoms with E-state index < -0.39 is 6.72 Å². The molecule has 3 rings (SSSR count). The molecule has 0 aliphatic rings. The van der Waals surface area contributed by atoms with Crippen molar-refractivity contribution < 1.29 is 39.0 Å².